The van der Waals surface area contributed by atoms with Crippen LogP contribution in [-0.2, 0) is 0 Å². The van der Waals surface area contributed by atoms with E-state index in [4.69, 9.17) is 0 Å². The number of nitrogens with zero attached hydrogens (tertiary/aromatic N) is 2. The molecular weight excluding hydrogens is 288 g/mol. The zero-order valence-corrected chi connectivity index (χ0v) is 14.4. The van der Waals surface area contributed by atoms with Gasteiger partial charge < -0.3 is 10.6 Å². The number of anilines is 2. The Bertz CT molecular complexity index is 702. The summed E-state index contributed by atoms with van der Waals surface area (Å²) in [6.45, 7) is 10.6. The number of carbonyl (C=O) groups excluding carboxylic acids is 1. The van der Waals surface area contributed by atoms with Gasteiger partial charge in [-0.2, -0.15) is 0 Å². The molecule has 122 valence electrons. The summed E-state index contributed by atoms with van der Waals surface area (Å²) in [6, 6.07) is 5.94. The molecule has 0 atom stereocenters. The number of carbonyl (C=O) groups is 1. The minimum Gasteiger partial charge on any atom is -0.351 e. The SMILES string of the molecule is CCCNC(=O)c1cc(Nc2c(C)cc(C)cc2C)nc(C)n1. The highest BCUT2D eigenvalue weighted by Crippen LogP contribution is 2.25. The number of nitrogens with one attached hydrogen (secondary N) is 2. The molecule has 2 aromatic rings. The van der Waals surface area contributed by atoms with E-state index in [9.17, 15) is 4.79 Å². The lowest BCUT2D eigenvalue weighted by Crippen LogP contribution is -2.25. The van der Waals surface area contributed by atoms with E-state index in [1.165, 1.54) is 5.56 Å². The summed E-state index contributed by atoms with van der Waals surface area (Å²) in [6.07, 6.45) is 0.892. The van der Waals surface area contributed by atoms with Crippen LogP contribution >= 0.6 is 0 Å². The molecule has 0 saturated heterocycles. The Morgan fingerprint density at radius 3 is 2.30 bits per heavy atom. The van der Waals surface area contributed by atoms with Crippen LogP contribution in [0.25, 0.3) is 0 Å². The normalized spacial score (nSPS) is 10.5. The Labute approximate surface area is 137 Å². The Morgan fingerprint density at radius 2 is 1.70 bits per heavy atom. The molecule has 5 heteroatoms. The predicted octanol–water partition coefficient (Wildman–Crippen LogP) is 3.59. The van der Waals surface area contributed by atoms with E-state index in [1.807, 2.05) is 6.92 Å². The lowest BCUT2D eigenvalue weighted by molar-refractivity contribution is 0.0948. The van der Waals surface area contributed by atoms with Gasteiger partial charge in [-0.3, -0.25) is 4.79 Å². The molecule has 23 heavy (non-hydrogen) atoms. The monoisotopic (exact) mass is 312 g/mol. The first-order chi connectivity index (χ1) is 10.9. The van der Waals surface area contributed by atoms with Crippen molar-refractivity contribution in [3.8, 4) is 0 Å². The molecule has 0 aliphatic rings. The molecule has 0 aliphatic heterocycles. The summed E-state index contributed by atoms with van der Waals surface area (Å²) in [5, 5.41) is 6.17. The van der Waals surface area contributed by atoms with E-state index in [0.29, 0.717) is 23.9 Å². The average Bonchev–Trinajstić information content (AvgIpc) is 2.48. The molecule has 1 aromatic carbocycles. The summed E-state index contributed by atoms with van der Waals surface area (Å²) < 4.78 is 0. The molecule has 0 aliphatic carbocycles. The van der Waals surface area contributed by atoms with Crippen molar-refractivity contribution in [1.82, 2.24) is 15.3 Å². The number of benzene rings is 1. The van der Waals surface area contributed by atoms with Gasteiger partial charge in [0.15, 0.2) is 0 Å². The highest BCUT2D eigenvalue weighted by Gasteiger charge is 2.11. The lowest BCUT2D eigenvalue weighted by atomic mass is 10.1. The fourth-order valence-electron chi connectivity index (χ4n) is 2.58. The third-order valence-electron chi connectivity index (χ3n) is 3.54. The second-order valence-corrected chi connectivity index (χ2v) is 5.84. The predicted molar refractivity (Wildman–Crippen MR) is 93.3 cm³/mol. The topological polar surface area (TPSA) is 66.9 Å². The van der Waals surface area contributed by atoms with Crippen LogP contribution in [0.15, 0.2) is 18.2 Å². The van der Waals surface area contributed by atoms with Crippen LogP contribution in [0.3, 0.4) is 0 Å². The first-order valence-corrected chi connectivity index (χ1v) is 7.89. The second kappa shape index (κ2) is 7.22. The number of hydrogen-bond donors (Lipinski definition) is 2. The van der Waals surface area contributed by atoms with E-state index < -0.39 is 0 Å². The maximum atomic E-state index is 12.1. The Hall–Kier alpha value is -2.43. The molecule has 2 N–H and O–H groups in total. The molecule has 2 rings (SSSR count). The van der Waals surface area contributed by atoms with Gasteiger partial charge in [-0.15, -0.1) is 0 Å². The van der Waals surface area contributed by atoms with Gasteiger partial charge in [0.2, 0.25) is 0 Å². The van der Waals surface area contributed by atoms with E-state index >= 15 is 0 Å². The van der Waals surface area contributed by atoms with Crippen LogP contribution in [0.1, 0.15) is 46.3 Å². The maximum Gasteiger partial charge on any atom is 0.270 e. The highest BCUT2D eigenvalue weighted by molar-refractivity contribution is 5.93. The van der Waals surface area contributed by atoms with Gasteiger partial charge in [-0.25, -0.2) is 9.97 Å². The number of aryl methyl sites for hydroxylation is 4. The molecule has 0 unspecified atom stereocenters. The molecule has 0 bridgehead atoms. The fourth-order valence-corrected chi connectivity index (χ4v) is 2.58. The number of rotatable bonds is 5. The van der Waals surface area contributed by atoms with E-state index in [0.717, 1.165) is 23.2 Å². The third-order valence-corrected chi connectivity index (χ3v) is 3.54. The summed E-state index contributed by atoms with van der Waals surface area (Å²) in [7, 11) is 0. The first-order valence-electron chi connectivity index (χ1n) is 7.89. The fraction of sp³-hybridized carbons (Fsp3) is 0.389. The second-order valence-electron chi connectivity index (χ2n) is 5.84. The van der Waals surface area contributed by atoms with Crippen LogP contribution in [0, 0.1) is 27.7 Å². The van der Waals surface area contributed by atoms with Crippen LogP contribution in [0.2, 0.25) is 0 Å². The highest BCUT2D eigenvalue weighted by atomic mass is 16.1. The molecule has 5 nitrogen and oxygen atoms in total. The Balaban J connectivity index is 2.31. The van der Waals surface area contributed by atoms with E-state index in [2.05, 4.69) is 53.5 Å². The van der Waals surface area contributed by atoms with Crippen molar-refractivity contribution in [2.75, 3.05) is 11.9 Å². The van der Waals surface area contributed by atoms with Gasteiger partial charge in [0, 0.05) is 18.3 Å². The molecule has 1 aromatic heterocycles. The van der Waals surface area contributed by atoms with Crippen molar-refractivity contribution < 1.29 is 4.79 Å². The van der Waals surface area contributed by atoms with Crippen molar-refractivity contribution in [2.24, 2.45) is 0 Å². The minimum atomic E-state index is -0.169. The summed E-state index contributed by atoms with van der Waals surface area (Å²) in [5.41, 5.74) is 4.93. The zero-order valence-electron chi connectivity index (χ0n) is 14.4. The lowest BCUT2D eigenvalue weighted by Gasteiger charge is -2.14. The molecule has 0 spiro atoms. The number of aromatic nitrogens is 2. The van der Waals surface area contributed by atoms with Crippen molar-refractivity contribution in [3.63, 3.8) is 0 Å². The molecule has 0 saturated carbocycles. The Kier molecular flexibility index (Phi) is 5.32. The maximum absolute atomic E-state index is 12.1. The summed E-state index contributed by atoms with van der Waals surface area (Å²) in [4.78, 5) is 20.7. The van der Waals surface area contributed by atoms with Crippen molar-refractivity contribution in [2.45, 2.75) is 41.0 Å². The number of hydrogen-bond acceptors (Lipinski definition) is 4. The third kappa shape index (κ3) is 4.28. The summed E-state index contributed by atoms with van der Waals surface area (Å²) >= 11 is 0. The Morgan fingerprint density at radius 1 is 1.04 bits per heavy atom. The molecule has 0 radical (unpaired) electrons. The standard InChI is InChI=1S/C18H24N4O/c1-6-7-19-18(23)15-10-16(21-14(5)20-15)22-17-12(3)8-11(2)9-13(17)4/h8-10H,6-7H2,1-5H3,(H,19,23)(H,20,21,22). The van der Waals surface area contributed by atoms with Crippen LogP contribution in [0.4, 0.5) is 11.5 Å². The molecular formula is C18H24N4O. The van der Waals surface area contributed by atoms with Gasteiger partial charge >= 0.3 is 0 Å². The van der Waals surface area contributed by atoms with E-state index in [1.54, 1.807) is 13.0 Å². The minimum absolute atomic E-state index is 0.169. The molecule has 1 heterocycles. The molecule has 1 amide bonds. The van der Waals surface area contributed by atoms with Crippen LogP contribution < -0.4 is 10.6 Å². The van der Waals surface area contributed by atoms with Crippen molar-refractivity contribution in [1.29, 1.82) is 0 Å². The largest absolute Gasteiger partial charge is 0.351 e. The van der Waals surface area contributed by atoms with Crippen LogP contribution in [0.5, 0.6) is 0 Å². The smallest absolute Gasteiger partial charge is 0.270 e. The summed E-state index contributed by atoms with van der Waals surface area (Å²) in [5.74, 6) is 1.03. The van der Waals surface area contributed by atoms with Gasteiger partial charge in [-0.05, 0) is 45.2 Å². The zero-order chi connectivity index (χ0) is 17.0. The average molecular weight is 312 g/mol. The quantitative estimate of drug-likeness (QED) is 0.885. The van der Waals surface area contributed by atoms with Crippen molar-refractivity contribution in [3.05, 3.63) is 46.4 Å². The molecule has 0 fully saturated rings. The van der Waals surface area contributed by atoms with Gasteiger partial charge in [-0.1, -0.05) is 24.6 Å². The van der Waals surface area contributed by atoms with Gasteiger partial charge in [0.05, 0.1) is 0 Å². The van der Waals surface area contributed by atoms with E-state index in [-0.39, 0.29) is 5.91 Å². The van der Waals surface area contributed by atoms with Crippen LogP contribution in [-0.4, -0.2) is 22.4 Å². The first kappa shape index (κ1) is 16.9. The number of amides is 1. The van der Waals surface area contributed by atoms with Gasteiger partial charge in [0.25, 0.3) is 5.91 Å². The van der Waals surface area contributed by atoms with Crippen molar-refractivity contribution >= 4 is 17.4 Å². The van der Waals surface area contributed by atoms with Gasteiger partial charge in [0.1, 0.15) is 17.3 Å².